The van der Waals surface area contributed by atoms with E-state index < -0.39 is 0 Å². The molecule has 1 atom stereocenters. The number of benzene rings is 1. The molecule has 1 fully saturated rings. The van der Waals surface area contributed by atoms with Crippen molar-refractivity contribution in [1.29, 1.82) is 0 Å². The second kappa shape index (κ2) is 5.72. The predicted octanol–water partition coefficient (Wildman–Crippen LogP) is 4.20. The maximum absolute atomic E-state index is 2.41. The molecule has 1 saturated carbocycles. The molecule has 0 saturated heterocycles. The monoisotopic (exact) mass is 268 g/mol. The van der Waals surface area contributed by atoms with Crippen molar-refractivity contribution in [1.82, 2.24) is 0 Å². The summed E-state index contributed by atoms with van der Waals surface area (Å²) in [5, 5.41) is 0. The third kappa shape index (κ3) is 3.36. The summed E-state index contributed by atoms with van der Waals surface area (Å²) < 4.78 is 0. The summed E-state index contributed by atoms with van der Waals surface area (Å²) in [6.45, 7) is 2.41. The third-order valence-electron chi connectivity index (χ3n) is 3.22. The Morgan fingerprint density at radius 3 is 2.40 bits per heavy atom. The SMILES string of the molecule is CC([Se]C1CCCCC1)c1ccccc1. The Morgan fingerprint density at radius 2 is 1.73 bits per heavy atom. The molecule has 1 aromatic carbocycles. The fourth-order valence-corrected chi connectivity index (χ4v) is 5.43. The molecule has 2 rings (SSSR count). The van der Waals surface area contributed by atoms with Crippen molar-refractivity contribution < 1.29 is 0 Å². The van der Waals surface area contributed by atoms with E-state index in [0.717, 1.165) is 24.6 Å². The summed E-state index contributed by atoms with van der Waals surface area (Å²) >= 11 is 0.807. The molecule has 15 heavy (non-hydrogen) atoms. The summed E-state index contributed by atoms with van der Waals surface area (Å²) in [6, 6.07) is 11.0. The van der Waals surface area contributed by atoms with Gasteiger partial charge in [0.15, 0.2) is 0 Å². The van der Waals surface area contributed by atoms with E-state index in [2.05, 4.69) is 37.3 Å². The fourth-order valence-electron chi connectivity index (χ4n) is 2.29. The van der Waals surface area contributed by atoms with Gasteiger partial charge in [0.05, 0.1) is 0 Å². The van der Waals surface area contributed by atoms with Gasteiger partial charge in [-0.1, -0.05) is 0 Å². The standard InChI is InChI=1S/C14H20Se/c1-12(13-8-4-2-5-9-13)15-14-10-6-3-7-11-14/h2,4-5,8-9,12,14H,3,6-7,10-11H2,1H3. The Balaban J connectivity index is 1.88. The first kappa shape index (κ1) is 11.2. The van der Waals surface area contributed by atoms with E-state index >= 15 is 0 Å². The van der Waals surface area contributed by atoms with E-state index in [1.165, 1.54) is 32.1 Å². The van der Waals surface area contributed by atoms with E-state index in [1.54, 1.807) is 5.56 Å². The summed E-state index contributed by atoms with van der Waals surface area (Å²) in [5.41, 5.74) is 1.54. The van der Waals surface area contributed by atoms with Gasteiger partial charge in [0.1, 0.15) is 0 Å². The molecular weight excluding hydrogens is 247 g/mol. The Kier molecular flexibility index (Phi) is 4.29. The van der Waals surface area contributed by atoms with Gasteiger partial charge in [0.2, 0.25) is 0 Å². The van der Waals surface area contributed by atoms with Crippen molar-refractivity contribution >= 4 is 15.0 Å². The van der Waals surface area contributed by atoms with Crippen LogP contribution >= 0.6 is 0 Å². The first-order chi connectivity index (χ1) is 7.36. The maximum atomic E-state index is 2.41. The van der Waals surface area contributed by atoms with Gasteiger partial charge in [-0.3, -0.25) is 0 Å². The molecule has 0 aliphatic heterocycles. The van der Waals surface area contributed by atoms with Crippen molar-refractivity contribution in [3.8, 4) is 0 Å². The molecule has 1 aliphatic carbocycles. The van der Waals surface area contributed by atoms with Crippen LogP contribution in [0.4, 0.5) is 0 Å². The van der Waals surface area contributed by atoms with Crippen LogP contribution in [-0.4, -0.2) is 15.0 Å². The summed E-state index contributed by atoms with van der Waals surface area (Å²) in [6.07, 6.45) is 7.43. The quantitative estimate of drug-likeness (QED) is 0.720. The van der Waals surface area contributed by atoms with E-state index in [1.807, 2.05) is 0 Å². The third-order valence-corrected chi connectivity index (χ3v) is 6.44. The molecular formula is C14H20Se. The molecule has 0 nitrogen and oxygen atoms in total. The first-order valence-corrected chi connectivity index (χ1v) is 8.04. The van der Waals surface area contributed by atoms with Gasteiger partial charge in [-0.05, 0) is 0 Å². The van der Waals surface area contributed by atoms with Gasteiger partial charge in [-0.2, -0.15) is 0 Å². The molecule has 0 amide bonds. The van der Waals surface area contributed by atoms with Crippen LogP contribution in [0.15, 0.2) is 30.3 Å². The summed E-state index contributed by atoms with van der Waals surface area (Å²) in [4.78, 5) is 1.86. The molecule has 0 aromatic heterocycles. The molecule has 0 N–H and O–H groups in total. The normalized spacial score (nSPS) is 20.1. The minimum absolute atomic E-state index is 0.807. The summed E-state index contributed by atoms with van der Waals surface area (Å²) in [5.74, 6) is 0. The molecule has 1 heteroatoms. The fraction of sp³-hybridized carbons (Fsp3) is 0.571. The second-order valence-corrected chi connectivity index (χ2v) is 7.90. The minimum atomic E-state index is 0.807. The average molecular weight is 267 g/mol. The number of hydrogen-bond acceptors (Lipinski definition) is 0. The van der Waals surface area contributed by atoms with E-state index in [0.29, 0.717) is 0 Å². The Bertz CT molecular complexity index is 275. The van der Waals surface area contributed by atoms with Gasteiger partial charge >= 0.3 is 99.5 Å². The Hall–Kier alpha value is -0.261. The van der Waals surface area contributed by atoms with Crippen molar-refractivity contribution in [2.45, 2.75) is 48.7 Å². The predicted molar refractivity (Wildman–Crippen MR) is 67.4 cm³/mol. The van der Waals surface area contributed by atoms with Crippen molar-refractivity contribution in [2.24, 2.45) is 0 Å². The zero-order chi connectivity index (χ0) is 10.5. The van der Waals surface area contributed by atoms with Gasteiger partial charge in [-0.15, -0.1) is 0 Å². The van der Waals surface area contributed by atoms with Crippen LogP contribution in [0.5, 0.6) is 0 Å². The van der Waals surface area contributed by atoms with Gasteiger partial charge in [0, 0.05) is 0 Å². The topological polar surface area (TPSA) is 0 Å². The molecule has 1 aromatic rings. The van der Waals surface area contributed by atoms with Crippen LogP contribution in [0.1, 0.15) is 49.4 Å². The van der Waals surface area contributed by atoms with Crippen molar-refractivity contribution in [2.75, 3.05) is 0 Å². The van der Waals surface area contributed by atoms with Crippen LogP contribution in [-0.2, 0) is 0 Å². The summed E-state index contributed by atoms with van der Waals surface area (Å²) in [7, 11) is 0. The molecule has 1 unspecified atom stereocenters. The van der Waals surface area contributed by atoms with Crippen LogP contribution in [0.3, 0.4) is 0 Å². The van der Waals surface area contributed by atoms with E-state index in [9.17, 15) is 0 Å². The van der Waals surface area contributed by atoms with Crippen molar-refractivity contribution in [3.63, 3.8) is 0 Å². The molecule has 0 bridgehead atoms. The molecule has 82 valence electrons. The van der Waals surface area contributed by atoms with Gasteiger partial charge in [-0.25, -0.2) is 0 Å². The second-order valence-electron chi connectivity index (χ2n) is 4.45. The molecule has 1 aliphatic rings. The molecule has 0 spiro atoms. The molecule has 0 heterocycles. The average Bonchev–Trinajstić information content (AvgIpc) is 2.31. The van der Waals surface area contributed by atoms with E-state index in [4.69, 9.17) is 0 Å². The van der Waals surface area contributed by atoms with Crippen LogP contribution in [0.2, 0.25) is 4.82 Å². The Labute approximate surface area is 99.6 Å². The van der Waals surface area contributed by atoms with Gasteiger partial charge in [0.25, 0.3) is 0 Å². The van der Waals surface area contributed by atoms with Crippen molar-refractivity contribution in [3.05, 3.63) is 35.9 Å². The number of hydrogen-bond donors (Lipinski definition) is 0. The van der Waals surface area contributed by atoms with Gasteiger partial charge < -0.3 is 0 Å². The van der Waals surface area contributed by atoms with E-state index in [-0.39, 0.29) is 0 Å². The Morgan fingerprint density at radius 1 is 1.07 bits per heavy atom. The zero-order valence-electron chi connectivity index (χ0n) is 9.49. The van der Waals surface area contributed by atoms with Crippen LogP contribution in [0.25, 0.3) is 0 Å². The number of rotatable bonds is 3. The zero-order valence-corrected chi connectivity index (χ0v) is 11.2. The van der Waals surface area contributed by atoms with Crippen LogP contribution in [0, 0.1) is 0 Å². The first-order valence-electron chi connectivity index (χ1n) is 6.06. The van der Waals surface area contributed by atoms with Crippen LogP contribution < -0.4 is 0 Å². The molecule has 0 radical (unpaired) electrons.